The van der Waals surface area contributed by atoms with Crippen LogP contribution in [0.15, 0.2) is 95.8 Å². The average molecular weight is 462 g/mol. The third-order valence-corrected chi connectivity index (χ3v) is 6.31. The van der Waals surface area contributed by atoms with E-state index in [0.717, 1.165) is 21.5 Å². The van der Waals surface area contributed by atoms with Gasteiger partial charge in [0.15, 0.2) is 0 Å². The molecule has 0 aliphatic heterocycles. The number of rotatable bonds is 7. The topological polar surface area (TPSA) is 88.2 Å². The molecule has 1 aromatic heterocycles. The summed E-state index contributed by atoms with van der Waals surface area (Å²) in [6, 6.07) is 22.8. The molecule has 0 fully saturated rings. The van der Waals surface area contributed by atoms with Gasteiger partial charge in [0.25, 0.3) is 15.9 Å². The first-order valence-corrected chi connectivity index (χ1v) is 12.1. The molecule has 0 atom stereocenters. The van der Waals surface area contributed by atoms with Gasteiger partial charge >= 0.3 is 0 Å². The maximum absolute atomic E-state index is 12.5. The van der Waals surface area contributed by atoms with E-state index >= 15 is 0 Å². The first-order valence-electron chi connectivity index (χ1n) is 9.66. The number of thiazole rings is 1. The van der Waals surface area contributed by atoms with E-state index < -0.39 is 10.0 Å². The third kappa shape index (κ3) is 5.69. The normalized spacial score (nSPS) is 11.4. The van der Waals surface area contributed by atoms with Gasteiger partial charge in [-0.1, -0.05) is 30.3 Å². The monoisotopic (exact) mass is 461 g/mol. The molecule has 0 bridgehead atoms. The molecule has 3 aromatic carbocycles. The molecule has 2 N–H and O–H groups in total. The Morgan fingerprint density at radius 3 is 2.22 bits per heavy atom. The Balaban J connectivity index is 1.37. The Morgan fingerprint density at radius 2 is 1.56 bits per heavy atom. The van der Waals surface area contributed by atoms with E-state index in [9.17, 15) is 13.2 Å². The van der Waals surface area contributed by atoms with Crippen molar-refractivity contribution >= 4 is 44.7 Å². The highest BCUT2D eigenvalue weighted by atomic mass is 32.2. The molecule has 0 aliphatic rings. The van der Waals surface area contributed by atoms with Crippen molar-refractivity contribution in [3.63, 3.8) is 0 Å². The molecule has 0 unspecified atom stereocenters. The van der Waals surface area contributed by atoms with Crippen LogP contribution in [-0.2, 0) is 10.0 Å². The van der Waals surface area contributed by atoms with E-state index in [1.807, 2.05) is 60.0 Å². The lowest BCUT2D eigenvalue weighted by atomic mass is 10.1. The Hall–Kier alpha value is -3.75. The van der Waals surface area contributed by atoms with Crippen LogP contribution in [0.5, 0.6) is 0 Å². The van der Waals surface area contributed by atoms with Gasteiger partial charge in [0.1, 0.15) is 5.01 Å². The molecule has 4 aromatic rings. The van der Waals surface area contributed by atoms with Crippen molar-refractivity contribution in [2.45, 2.75) is 0 Å². The molecule has 0 saturated carbocycles. The van der Waals surface area contributed by atoms with Crippen molar-refractivity contribution in [2.75, 3.05) is 10.0 Å². The van der Waals surface area contributed by atoms with Crippen LogP contribution < -0.4 is 10.0 Å². The van der Waals surface area contributed by atoms with Crippen LogP contribution >= 0.6 is 11.3 Å². The van der Waals surface area contributed by atoms with Crippen LogP contribution in [0.2, 0.25) is 0 Å². The molecule has 0 radical (unpaired) electrons. The first-order chi connectivity index (χ1) is 15.5. The maximum atomic E-state index is 12.5. The Bertz CT molecular complexity index is 1320. The molecular weight excluding hydrogens is 442 g/mol. The minimum Gasteiger partial charge on any atom is -0.322 e. The second kappa shape index (κ2) is 9.59. The second-order valence-corrected chi connectivity index (χ2v) is 9.27. The molecule has 32 heavy (non-hydrogen) atoms. The molecule has 4 rings (SSSR count). The molecule has 6 nitrogen and oxygen atoms in total. The minimum absolute atomic E-state index is 0.287. The summed E-state index contributed by atoms with van der Waals surface area (Å²) in [6.45, 7) is 0. The molecule has 1 heterocycles. The summed E-state index contributed by atoms with van der Waals surface area (Å²) < 4.78 is 27.0. The van der Waals surface area contributed by atoms with E-state index in [1.54, 1.807) is 41.8 Å². The SMILES string of the molecule is O=C(Nc1ccc(-c2nccs2)cc1)c1ccc(NS(=O)(=O)/C=C/c2ccccc2)cc1. The van der Waals surface area contributed by atoms with Gasteiger partial charge in [0.2, 0.25) is 0 Å². The standard InChI is InChI=1S/C24H19N3O3S2/c28-23(26-21-10-8-20(9-11-21)24-25-15-16-31-24)19-6-12-22(13-7-19)27-32(29,30)17-14-18-4-2-1-3-5-18/h1-17,27H,(H,26,28)/b17-14+. The van der Waals surface area contributed by atoms with Crippen molar-refractivity contribution < 1.29 is 13.2 Å². The molecule has 8 heteroatoms. The van der Waals surface area contributed by atoms with Gasteiger partial charge in [-0.05, 0) is 60.2 Å². The van der Waals surface area contributed by atoms with Crippen molar-refractivity contribution in [1.29, 1.82) is 0 Å². The number of aromatic nitrogens is 1. The van der Waals surface area contributed by atoms with E-state index in [1.165, 1.54) is 6.08 Å². The van der Waals surface area contributed by atoms with Crippen LogP contribution in [0.4, 0.5) is 11.4 Å². The highest BCUT2D eigenvalue weighted by Crippen LogP contribution is 2.23. The van der Waals surface area contributed by atoms with Gasteiger partial charge in [-0.15, -0.1) is 11.3 Å². The van der Waals surface area contributed by atoms with Gasteiger partial charge in [-0.3, -0.25) is 9.52 Å². The number of amides is 1. The zero-order chi connectivity index (χ0) is 22.4. The van der Waals surface area contributed by atoms with Gasteiger partial charge in [0, 0.05) is 34.1 Å². The van der Waals surface area contributed by atoms with Crippen molar-refractivity contribution in [2.24, 2.45) is 0 Å². The largest absolute Gasteiger partial charge is 0.322 e. The Kier molecular flexibility index (Phi) is 6.44. The number of hydrogen-bond donors (Lipinski definition) is 2. The molecule has 160 valence electrons. The summed E-state index contributed by atoms with van der Waals surface area (Å²) >= 11 is 1.55. The second-order valence-electron chi connectivity index (χ2n) is 6.81. The average Bonchev–Trinajstić information content (AvgIpc) is 3.34. The lowest BCUT2D eigenvalue weighted by molar-refractivity contribution is 0.102. The molecular formula is C24H19N3O3S2. The number of nitrogens with zero attached hydrogens (tertiary/aromatic N) is 1. The molecule has 0 spiro atoms. The smallest absolute Gasteiger partial charge is 0.255 e. The van der Waals surface area contributed by atoms with Gasteiger partial charge in [-0.2, -0.15) is 0 Å². The molecule has 0 saturated heterocycles. The summed E-state index contributed by atoms with van der Waals surface area (Å²) in [6.07, 6.45) is 3.27. The summed E-state index contributed by atoms with van der Waals surface area (Å²) in [4.78, 5) is 16.8. The quantitative estimate of drug-likeness (QED) is 0.382. The summed E-state index contributed by atoms with van der Waals surface area (Å²) in [7, 11) is -3.67. The van der Waals surface area contributed by atoms with E-state index in [-0.39, 0.29) is 5.91 Å². The lowest BCUT2D eigenvalue weighted by Gasteiger charge is -2.08. The number of nitrogens with one attached hydrogen (secondary N) is 2. The maximum Gasteiger partial charge on any atom is 0.255 e. The van der Waals surface area contributed by atoms with Crippen LogP contribution in [-0.4, -0.2) is 19.3 Å². The van der Waals surface area contributed by atoms with E-state index in [4.69, 9.17) is 0 Å². The minimum atomic E-state index is -3.67. The van der Waals surface area contributed by atoms with Crippen LogP contribution in [0.25, 0.3) is 16.6 Å². The summed E-state index contributed by atoms with van der Waals surface area (Å²) in [5.74, 6) is -0.287. The number of anilines is 2. The van der Waals surface area contributed by atoms with Crippen LogP contribution in [0.1, 0.15) is 15.9 Å². The number of hydrogen-bond acceptors (Lipinski definition) is 5. The third-order valence-electron chi connectivity index (χ3n) is 4.47. The van der Waals surface area contributed by atoms with Crippen LogP contribution in [0, 0.1) is 0 Å². The van der Waals surface area contributed by atoms with Gasteiger partial charge in [0.05, 0.1) is 5.41 Å². The lowest BCUT2D eigenvalue weighted by Crippen LogP contribution is -2.12. The van der Waals surface area contributed by atoms with Crippen LogP contribution in [0.3, 0.4) is 0 Å². The van der Waals surface area contributed by atoms with E-state index in [0.29, 0.717) is 16.9 Å². The Labute approximate surface area is 190 Å². The predicted molar refractivity (Wildman–Crippen MR) is 130 cm³/mol. The predicted octanol–water partition coefficient (Wildman–Crippen LogP) is 5.48. The fraction of sp³-hybridized carbons (Fsp3) is 0. The summed E-state index contributed by atoms with van der Waals surface area (Å²) in [5.41, 5.74) is 3.20. The first kappa shape index (κ1) is 21.5. The number of benzene rings is 3. The van der Waals surface area contributed by atoms with Gasteiger partial charge < -0.3 is 5.32 Å². The van der Waals surface area contributed by atoms with Gasteiger partial charge in [-0.25, -0.2) is 13.4 Å². The van der Waals surface area contributed by atoms with Crippen molar-refractivity contribution in [3.8, 4) is 10.6 Å². The Morgan fingerprint density at radius 1 is 0.875 bits per heavy atom. The number of carbonyl (C=O) groups is 1. The van der Waals surface area contributed by atoms with E-state index in [2.05, 4.69) is 15.0 Å². The zero-order valence-corrected chi connectivity index (χ0v) is 18.4. The zero-order valence-electron chi connectivity index (χ0n) is 16.8. The fourth-order valence-corrected chi connectivity index (χ4v) is 4.40. The summed E-state index contributed by atoms with van der Waals surface area (Å²) in [5, 5.41) is 6.77. The number of sulfonamides is 1. The number of carbonyl (C=O) groups excluding carboxylic acids is 1. The highest BCUT2D eigenvalue weighted by Gasteiger charge is 2.09. The fourth-order valence-electron chi connectivity index (χ4n) is 2.89. The molecule has 1 amide bonds. The van der Waals surface area contributed by atoms with Crippen molar-refractivity contribution in [3.05, 3.63) is 107 Å². The van der Waals surface area contributed by atoms with Crippen molar-refractivity contribution in [1.82, 2.24) is 4.98 Å². The molecule has 0 aliphatic carbocycles. The highest BCUT2D eigenvalue weighted by molar-refractivity contribution is 7.95.